The van der Waals surface area contributed by atoms with Gasteiger partial charge >= 0.3 is 0 Å². The van der Waals surface area contributed by atoms with Crippen LogP contribution in [0.2, 0.25) is 0 Å². The lowest BCUT2D eigenvalue weighted by Gasteiger charge is -2.18. The van der Waals surface area contributed by atoms with E-state index in [1.807, 2.05) is 12.1 Å². The van der Waals surface area contributed by atoms with Gasteiger partial charge in [0.2, 0.25) is 0 Å². The predicted molar refractivity (Wildman–Crippen MR) is 126 cm³/mol. The summed E-state index contributed by atoms with van der Waals surface area (Å²) in [4.78, 5) is 0. The van der Waals surface area contributed by atoms with E-state index in [1.54, 1.807) is 0 Å². The molecule has 0 saturated heterocycles. The van der Waals surface area contributed by atoms with Crippen LogP contribution in [0.1, 0.15) is 12.5 Å². The quantitative estimate of drug-likeness (QED) is 0.257. The first-order valence-corrected chi connectivity index (χ1v) is 10.1. The molecule has 0 aromatic heterocycles. The second kappa shape index (κ2) is 7.10. The number of nitrogen functional groups attached to an aromatic ring is 1. The Hall–Kier alpha value is -3.58. The first kappa shape index (κ1) is 17.5. The van der Waals surface area contributed by atoms with Crippen LogP contribution < -0.4 is 5.73 Å². The molecule has 140 valence electrons. The largest absolute Gasteiger partial charge is 0.399 e. The number of hydrogen-bond donors (Lipinski definition) is 1. The van der Waals surface area contributed by atoms with Gasteiger partial charge in [-0.25, -0.2) is 0 Å². The summed E-state index contributed by atoms with van der Waals surface area (Å²) in [5, 5.41) is 5.10. The predicted octanol–water partition coefficient (Wildman–Crippen LogP) is 7.47. The molecule has 0 atom stereocenters. The van der Waals surface area contributed by atoms with Crippen molar-refractivity contribution in [1.82, 2.24) is 0 Å². The second-order valence-corrected chi connectivity index (χ2v) is 7.51. The van der Waals surface area contributed by atoms with Crippen LogP contribution in [0.3, 0.4) is 0 Å². The summed E-state index contributed by atoms with van der Waals surface area (Å²) < 4.78 is 0. The SMILES string of the molecule is CCc1ccc(-c2c3ccccc3c(-c3ccc(N)cc3)c3ccccc23)cc1. The zero-order valence-corrected chi connectivity index (χ0v) is 16.5. The maximum Gasteiger partial charge on any atom is 0.0314 e. The molecule has 0 fully saturated rings. The molecule has 0 aliphatic carbocycles. The number of fused-ring (bicyclic) bond motifs is 2. The lowest BCUT2D eigenvalue weighted by molar-refractivity contribution is 1.14. The van der Waals surface area contributed by atoms with Gasteiger partial charge in [0, 0.05) is 5.69 Å². The van der Waals surface area contributed by atoms with Crippen LogP contribution in [0.4, 0.5) is 5.69 Å². The third kappa shape index (κ3) is 2.96. The Kier molecular flexibility index (Phi) is 4.29. The summed E-state index contributed by atoms with van der Waals surface area (Å²) in [6.07, 6.45) is 1.05. The second-order valence-electron chi connectivity index (χ2n) is 7.51. The van der Waals surface area contributed by atoms with Crippen molar-refractivity contribution in [3.8, 4) is 22.3 Å². The normalized spacial score (nSPS) is 11.2. The molecular formula is C28H23N. The maximum atomic E-state index is 5.95. The van der Waals surface area contributed by atoms with E-state index in [4.69, 9.17) is 5.73 Å². The molecule has 0 heterocycles. The Morgan fingerprint density at radius 2 is 0.897 bits per heavy atom. The van der Waals surface area contributed by atoms with Gasteiger partial charge < -0.3 is 5.73 Å². The van der Waals surface area contributed by atoms with E-state index >= 15 is 0 Å². The fourth-order valence-electron chi connectivity index (χ4n) is 4.31. The molecule has 1 nitrogen and oxygen atoms in total. The minimum atomic E-state index is 0.787. The van der Waals surface area contributed by atoms with Crippen LogP contribution in [-0.4, -0.2) is 0 Å². The molecule has 5 rings (SSSR count). The molecular weight excluding hydrogens is 350 g/mol. The molecule has 0 aliphatic heterocycles. The van der Waals surface area contributed by atoms with Crippen molar-refractivity contribution in [3.63, 3.8) is 0 Å². The number of anilines is 1. The number of nitrogens with two attached hydrogens (primary N) is 1. The van der Waals surface area contributed by atoms with E-state index in [0.29, 0.717) is 0 Å². The molecule has 0 amide bonds. The summed E-state index contributed by atoms with van der Waals surface area (Å²) in [6.45, 7) is 2.20. The van der Waals surface area contributed by atoms with Gasteiger partial charge in [-0.1, -0.05) is 91.9 Å². The van der Waals surface area contributed by atoms with Crippen molar-refractivity contribution >= 4 is 27.2 Å². The van der Waals surface area contributed by atoms with Gasteiger partial charge in [0.1, 0.15) is 0 Å². The zero-order valence-electron chi connectivity index (χ0n) is 16.5. The van der Waals surface area contributed by atoms with Gasteiger partial charge in [-0.2, -0.15) is 0 Å². The lowest BCUT2D eigenvalue weighted by atomic mass is 9.86. The highest BCUT2D eigenvalue weighted by Gasteiger charge is 2.16. The smallest absolute Gasteiger partial charge is 0.0314 e. The van der Waals surface area contributed by atoms with Gasteiger partial charge in [0.25, 0.3) is 0 Å². The van der Waals surface area contributed by atoms with E-state index in [-0.39, 0.29) is 0 Å². The molecule has 2 N–H and O–H groups in total. The van der Waals surface area contributed by atoms with Gasteiger partial charge in [0.05, 0.1) is 0 Å². The Morgan fingerprint density at radius 1 is 0.517 bits per heavy atom. The maximum absolute atomic E-state index is 5.95. The van der Waals surface area contributed by atoms with Crippen LogP contribution >= 0.6 is 0 Å². The lowest BCUT2D eigenvalue weighted by Crippen LogP contribution is -1.91. The van der Waals surface area contributed by atoms with Gasteiger partial charge in [-0.05, 0) is 67.9 Å². The van der Waals surface area contributed by atoms with E-state index in [2.05, 4.69) is 91.9 Å². The molecule has 0 aliphatic rings. The third-order valence-corrected chi connectivity index (χ3v) is 5.78. The van der Waals surface area contributed by atoms with Crippen molar-refractivity contribution in [2.75, 3.05) is 5.73 Å². The highest BCUT2D eigenvalue weighted by molar-refractivity contribution is 6.21. The molecule has 0 unspecified atom stereocenters. The number of rotatable bonds is 3. The molecule has 0 saturated carbocycles. The monoisotopic (exact) mass is 373 g/mol. The summed E-state index contributed by atoms with van der Waals surface area (Å²) >= 11 is 0. The molecule has 5 aromatic rings. The van der Waals surface area contributed by atoms with E-state index in [9.17, 15) is 0 Å². The van der Waals surface area contributed by atoms with Crippen LogP contribution in [0, 0.1) is 0 Å². The first-order valence-electron chi connectivity index (χ1n) is 10.1. The number of benzene rings is 5. The molecule has 29 heavy (non-hydrogen) atoms. The van der Waals surface area contributed by atoms with Gasteiger partial charge in [-0.3, -0.25) is 0 Å². The van der Waals surface area contributed by atoms with Gasteiger partial charge in [0.15, 0.2) is 0 Å². The molecule has 0 bridgehead atoms. The zero-order chi connectivity index (χ0) is 19.8. The Balaban J connectivity index is 1.92. The fourth-order valence-corrected chi connectivity index (χ4v) is 4.31. The molecule has 1 heteroatoms. The molecule has 5 aromatic carbocycles. The van der Waals surface area contributed by atoms with Gasteiger partial charge in [-0.15, -0.1) is 0 Å². The van der Waals surface area contributed by atoms with Crippen LogP contribution in [0.5, 0.6) is 0 Å². The average Bonchev–Trinajstić information content (AvgIpc) is 2.78. The summed E-state index contributed by atoms with van der Waals surface area (Å²) in [5.41, 5.74) is 13.1. The molecule has 0 radical (unpaired) electrons. The van der Waals surface area contributed by atoms with Crippen molar-refractivity contribution in [2.24, 2.45) is 0 Å². The first-order chi connectivity index (χ1) is 14.3. The van der Waals surface area contributed by atoms with Crippen molar-refractivity contribution in [2.45, 2.75) is 13.3 Å². The Bertz CT molecular complexity index is 1260. The average molecular weight is 373 g/mol. The minimum Gasteiger partial charge on any atom is -0.399 e. The summed E-state index contributed by atoms with van der Waals surface area (Å²) in [5.74, 6) is 0. The Labute approximate surface area is 171 Å². The molecule has 0 spiro atoms. The topological polar surface area (TPSA) is 26.0 Å². The number of hydrogen-bond acceptors (Lipinski definition) is 1. The summed E-state index contributed by atoms with van der Waals surface area (Å²) in [6, 6.07) is 34.7. The third-order valence-electron chi connectivity index (χ3n) is 5.78. The standard InChI is InChI=1S/C28H23N/c1-2-19-11-13-20(14-12-19)27-23-7-3-5-9-25(23)28(21-15-17-22(29)18-16-21)26-10-6-4-8-24(26)27/h3-18H,2,29H2,1H3. The van der Waals surface area contributed by atoms with Crippen LogP contribution in [0.25, 0.3) is 43.8 Å². The van der Waals surface area contributed by atoms with Crippen molar-refractivity contribution in [3.05, 3.63) is 103 Å². The highest BCUT2D eigenvalue weighted by atomic mass is 14.5. The van der Waals surface area contributed by atoms with E-state index < -0.39 is 0 Å². The van der Waals surface area contributed by atoms with Crippen molar-refractivity contribution < 1.29 is 0 Å². The fraction of sp³-hybridized carbons (Fsp3) is 0.0714. The number of aryl methyl sites for hydroxylation is 1. The minimum absolute atomic E-state index is 0.787. The Morgan fingerprint density at radius 3 is 1.28 bits per heavy atom. The van der Waals surface area contributed by atoms with Crippen LogP contribution in [0.15, 0.2) is 97.1 Å². The highest BCUT2D eigenvalue weighted by Crippen LogP contribution is 2.43. The summed E-state index contributed by atoms with van der Waals surface area (Å²) in [7, 11) is 0. The van der Waals surface area contributed by atoms with E-state index in [1.165, 1.54) is 49.4 Å². The van der Waals surface area contributed by atoms with E-state index in [0.717, 1.165) is 12.1 Å². The van der Waals surface area contributed by atoms with Crippen LogP contribution in [-0.2, 0) is 6.42 Å². The van der Waals surface area contributed by atoms with Crippen molar-refractivity contribution in [1.29, 1.82) is 0 Å².